The fraction of sp³-hybridized carbons (Fsp3) is 1.00. The molecule has 0 aromatic rings. The number of methoxy groups -OCH3 is 1. The maximum atomic E-state index is 13.5. The third-order valence-electron chi connectivity index (χ3n) is 8.61. The quantitative estimate of drug-likeness (QED) is 0.293. The molecule has 0 bridgehead atoms. The van der Waals surface area contributed by atoms with Crippen LogP contribution in [0.25, 0.3) is 0 Å². The lowest BCUT2D eigenvalue weighted by Crippen LogP contribution is -2.67. The van der Waals surface area contributed by atoms with Gasteiger partial charge in [0.05, 0.1) is 12.2 Å². The van der Waals surface area contributed by atoms with Crippen LogP contribution in [0.2, 0.25) is 0 Å². The molecule has 196 valence electrons. The molecule has 5 rings (SSSR count). The van der Waals surface area contributed by atoms with E-state index < -0.39 is 15.3 Å². The Kier molecular flexibility index (Phi) is 8.10. The summed E-state index contributed by atoms with van der Waals surface area (Å²) in [5.74, 6) is 0.338. The van der Waals surface area contributed by atoms with Gasteiger partial charge in [-0.25, -0.2) is 23.2 Å². The third kappa shape index (κ3) is 5.31. The average molecular weight is 501 g/mol. The molecule has 5 aliphatic rings. The Morgan fingerprint density at radius 3 is 2.56 bits per heavy atom. The van der Waals surface area contributed by atoms with Gasteiger partial charge in [0.2, 0.25) is 10.0 Å². The largest absolute Gasteiger partial charge is 0.365 e. The first-order chi connectivity index (χ1) is 16.5. The molecule has 7 unspecified atom stereocenters. The van der Waals surface area contributed by atoms with Crippen LogP contribution in [0.3, 0.4) is 0 Å². The van der Waals surface area contributed by atoms with Crippen LogP contribution in [0, 0.1) is 5.92 Å². The van der Waals surface area contributed by atoms with Gasteiger partial charge in [0.15, 0.2) is 0 Å². The molecule has 0 aromatic heterocycles. The number of hydrogen-bond donors (Lipinski definition) is 5. The summed E-state index contributed by atoms with van der Waals surface area (Å²) in [6.07, 6.45) is 7.31. The number of likely N-dealkylation sites (N-methyl/N-ethyl adjacent to an activating group) is 1. The Labute approximate surface area is 204 Å². The molecule has 12 heteroatoms. The predicted molar refractivity (Wildman–Crippen MR) is 131 cm³/mol. The molecular formula is C22H44N8O3S. The lowest BCUT2D eigenvalue weighted by Gasteiger charge is -2.42. The molecule has 5 N–H and O–H groups in total. The van der Waals surface area contributed by atoms with Crippen molar-refractivity contribution in [2.24, 2.45) is 5.92 Å². The summed E-state index contributed by atoms with van der Waals surface area (Å²) in [5.41, 5.74) is 6.75. The minimum Gasteiger partial charge on any atom is -0.365 e. The van der Waals surface area contributed by atoms with Crippen molar-refractivity contribution in [3.05, 3.63) is 0 Å². The molecule has 5 aliphatic heterocycles. The number of rotatable bonds is 6. The van der Waals surface area contributed by atoms with E-state index in [0.717, 1.165) is 26.1 Å². The maximum absolute atomic E-state index is 13.5. The van der Waals surface area contributed by atoms with E-state index in [9.17, 15) is 8.42 Å². The molecule has 34 heavy (non-hydrogen) atoms. The third-order valence-corrected chi connectivity index (χ3v) is 10.4. The van der Waals surface area contributed by atoms with Gasteiger partial charge in [0, 0.05) is 58.3 Å². The van der Waals surface area contributed by atoms with Crippen molar-refractivity contribution >= 4 is 10.0 Å². The lowest BCUT2D eigenvalue weighted by atomic mass is 9.90. The second kappa shape index (κ2) is 10.9. The van der Waals surface area contributed by atoms with Gasteiger partial charge >= 0.3 is 0 Å². The summed E-state index contributed by atoms with van der Waals surface area (Å²) < 4.78 is 35.7. The van der Waals surface area contributed by atoms with E-state index in [2.05, 4.69) is 36.1 Å². The van der Waals surface area contributed by atoms with Crippen LogP contribution in [-0.4, -0.2) is 119 Å². The van der Waals surface area contributed by atoms with Crippen molar-refractivity contribution in [1.29, 1.82) is 0 Å². The molecule has 0 spiro atoms. The molecular weight excluding hydrogens is 456 g/mol. The number of sulfonamides is 1. The van der Waals surface area contributed by atoms with Crippen LogP contribution in [0.4, 0.5) is 0 Å². The molecule has 0 aromatic carbocycles. The van der Waals surface area contributed by atoms with Crippen molar-refractivity contribution in [3.63, 3.8) is 0 Å². The number of fused-ring (bicyclic) bond motifs is 1. The molecule has 0 saturated carbocycles. The van der Waals surface area contributed by atoms with Crippen LogP contribution >= 0.6 is 0 Å². The highest BCUT2D eigenvalue weighted by Gasteiger charge is 2.48. The fourth-order valence-electron chi connectivity index (χ4n) is 6.67. The first-order valence-electron chi connectivity index (χ1n) is 13.2. The van der Waals surface area contributed by atoms with Crippen LogP contribution in [0.15, 0.2) is 0 Å². The van der Waals surface area contributed by atoms with Crippen molar-refractivity contribution in [1.82, 2.24) is 41.1 Å². The van der Waals surface area contributed by atoms with Gasteiger partial charge in [0.25, 0.3) is 0 Å². The zero-order chi connectivity index (χ0) is 23.7. The van der Waals surface area contributed by atoms with E-state index in [0.29, 0.717) is 25.0 Å². The normalized spacial score (nSPS) is 41.4. The zero-order valence-electron chi connectivity index (χ0n) is 20.7. The number of likely N-dealkylation sites (tertiary alicyclic amines) is 1. The lowest BCUT2D eigenvalue weighted by molar-refractivity contribution is -0.0106. The first-order valence-corrected chi connectivity index (χ1v) is 14.7. The number of piperidine rings is 2. The molecule has 11 nitrogen and oxygen atoms in total. The second-order valence-corrected chi connectivity index (χ2v) is 12.7. The minimum absolute atomic E-state index is 0.0563. The topological polar surface area (TPSA) is 113 Å². The van der Waals surface area contributed by atoms with E-state index in [-0.39, 0.29) is 24.5 Å². The van der Waals surface area contributed by atoms with Crippen LogP contribution in [0.1, 0.15) is 38.5 Å². The van der Waals surface area contributed by atoms with Crippen molar-refractivity contribution in [3.8, 4) is 0 Å². The standard InChI is InChI=1S/C22H44N8O3S/c1-28-21-16(13-25-28)12-24-22(33-2)20(21)27-34(31,32)18-14-26-30(15-18)19-11-17(7-8-23-19)29-9-5-3-4-6-10-29/h16-27H,3-15H2,1-2H3. The zero-order valence-corrected chi connectivity index (χ0v) is 21.5. The smallest absolute Gasteiger partial charge is 0.217 e. The van der Waals surface area contributed by atoms with Crippen molar-refractivity contribution in [2.75, 3.05) is 60.0 Å². The van der Waals surface area contributed by atoms with Gasteiger partial charge in [-0.1, -0.05) is 12.8 Å². The fourth-order valence-corrected chi connectivity index (χ4v) is 8.15. The van der Waals surface area contributed by atoms with Gasteiger partial charge < -0.3 is 15.0 Å². The van der Waals surface area contributed by atoms with Gasteiger partial charge in [-0.3, -0.25) is 16.2 Å². The van der Waals surface area contributed by atoms with Crippen LogP contribution in [-0.2, 0) is 14.8 Å². The molecule has 7 atom stereocenters. The Bertz CT molecular complexity index is 780. The monoisotopic (exact) mass is 500 g/mol. The van der Waals surface area contributed by atoms with E-state index in [1.54, 1.807) is 7.11 Å². The number of nitrogens with zero attached hydrogens (tertiary/aromatic N) is 3. The highest BCUT2D eigenvalue weighted by atomic mass is 32.2. The Morgan fingerprint density at radius 1 is 1.00 bits per heavy atom. The maximum Gasteiger partial charge on any atom is 0.217 e. The molecule has 5 heterocycles. The summed E-state index contributed by atoms with van der Waals surface area (Å²) in [7, 11) is 0.0775. The number of hydrogen-bond acceptors (Lipinski definition) is 10. The van der Waals surface area contributed by atoms with E-state index in [4.69, 9.17) is 4.74 Å². The Hall–Kier alpha value is -0.410. The van der Waals surface area contributed by atoms with E-state index >= 15 is 0 Å². The second-order valence-electron chi connectivity index (χ2n) is 10.7. The molecule has 0 amide bonds. The summed E-state index contributed by atoms with van der Waals surface area (Å²) in [6.45, 7) is 5.95. The van der Waals surface area contributed by atoms with Gasteiger partial charge in [-0.15, -0.1) is 0 Å². The van der Waals surface area contributed by atoms with E-state index in [1.165, 1.54) is 45.2 Å². The highest BCUT2D eigenvalue weighted by Crippen LogP contribution is 2.26. The predicted octanol–water partition coefficient (Wildman–Crippen LogP) is -1.57. The SMILES string of the molecule is COC1NCC2CNN(C)C2C1NS(=O)(=O)C1CNN(C2CC(N3CCCCCC3)CCN2)C1. The highest BCUT2D eigenvalue weighted by molar-refractivity contribution is 7.90. The molecule has 0 aliphatic carbocycles. The Morgan fingerprint density at radius 2 is 1.79 bits per heavy atom. The summed E-state index contributed by atoms with van der Waals surface area (Å²) >= 11 is 0. The number of ether oxygens (including phenoxy) is 1. The van der Waals surface area contributed by atoms with Crippen molar-refractivity contribution in [2.45, 2.75) is 74.3 Å². The van der Waals surface area contributed by atoms with Gasteiger partial charge in [-0.05, 0) is 45.3 Å². The van der Waals surface area contributed by atoms with Crippen molar-refractivity contribution < 1.29 is 13.2 Å². The Balaban J connectivity index is 1.20. The van der Waals surface area contributed by atoms with E-state index in [1.807, 2.05) is 12.1 Å². The first kappa shape index (κ1) is 25.2. The number of nitrogens with one attached hydrogen (secondary N) is 5. The van der Waals surface area contributed by atoms with Gasteiger partial charge in [-0.2, -0.15) is 0 Å². The molecule has 0 radical (unpaired) electrons. The van der Waals surface area contributed by atoms with Crippen LogP contribution < -0.4 is 26.2 Å². The number of hydrazine groups is 2. The minimum atomic E-state index is -3.54. The molecule has 5 saturated heterocycles. The summed E-state index contributed by atoms with van der Waals surface area (Å²) in [6, 6.07) is 0.293. The summed E-state index contributed by atoms with van der Waals surface area (Å²) in [4.78, 5) is 2.68. The van der Waals surface area contributed by atoms with Gasteiger partial charge in [0.1, 0.15) is 11.5 Å². The average Bonchev–Trinajstić information content (AvgIpc) is 3.39. The van der Waals surface area contributed by atoms with Crippen LogP contribution in [0.5, 0.6) is 0 Å². The molecule has 5 fully saturated rings. The summed E-state index contributed by atoms with van der Waals surface area (Å²) in [5, 5.41) is 10.7.